The van der Waals surface area contributed by atoms with Gasteiger partial charge in [0.15, 0.2) is 0 Å². The van der Waals surface area contributed by atoms with Crippen molar-refractivity contribution in [2.24, 2.45) is 0 Å². The minimum atomic E-state index is 0.0775. The smallest absolute Gasteiger partial charge is 0.304 e. The molecule has 0 unspecified atom stereocenters. The molecule has 0 atom stereocenters. The van der Waals surface area contributed by atoms with Gasteiger partial charge in [0.1, 0.15) is 12.4 Å². The summed E-state index contributed by atoms with van der Waals surface area (Å²) < 4.78 is 1.57. The van der Waals surface area contributed by atoms with Crippen LogP contribution in [0.15, 0.2) is 18.7 Å². The summed E-state index contributed by atoms with van der Waals surface area (Å²) in [7, 11) is 0. The molecule has 4 heteroatoms. The lowest BCUT2D eigenvalue weighted by Gasteiger charge is -2.10. The highest BCUT2D eigenvalue weighted by atomic mass is 16.2. The predicted molar refractivity (Wildman–Crippen MR) is 42.6 cm³/mol. The molecular formula is C8H12N3O+. The molecule has 0 bridgehead atoms. The van der Waals surface area contributed by atoms with Crippen molar-refractivity contribution in [3.8, 4) is 0 Å². The fraction of sp³-hybridized carbons (Fsp3) is 0.500. The quantitative estimate of drug-likeness (QED) is 0.548. The topological polar surface area (TPSA) is 39.4 Å². The minimum Gasteiger partial charge on any atom is -0.304 e. The third kappa shape index (κ3) is 1.20. The van der Waals surface area contributed by atoms with Crippen molar-refractivity contribution in [3.63, 3.8) is 0 Å². The van der Waals surface area contributed by atoms with Crippen LogP contribution in [0.4, 0.5) is 4.79 Å². The standard InChI is InChI=1S/C8H11N3O/c12-8(10-4-1-2-5-10)11-6-3-9-7-11/h3,6-7H,1-2,4-5H2/p+1. The summed E-state index contributed by atoms with van der Waals surface area (Å²) >= 11 is 0. The first-order valence-electron chi connectivity index (χ1n) is 4.21. The molecular weight excluding hydrogens is 154 g/mol. The van der Waals surface area contributed by atoms with E-state index >= 15 is 0 Å². The summed E-state index contributed by atoms with van der Waals surface area (Å²) in [5.74, 6) is 0. The summed E-state index contributed by atoms with van der Waals surface area (Å²) in [6.07, 6.45) is 7.42. The first-order chi connectivity index (χ1) is 5.88. The summed E-state index contributed by atoms with van der Waals surface area (Å²) in [5, 5.41) is 0. The first-order valence-corrected chi connectivity index (χ1v) is 4.21. The SMILES string of the molecule is O=C(N1CCCC1)n1cc[nH+]c1. The zero-order valence-electron chi connectivity index (χ0n) is 6.86. The van der Waals surface area contributed by atoms with E-state index in [2.05, 4.69) is 4.98 Å². The second kappa shape index (κ2) is 2.97. The van der Waals surface area contributed by atoms with Gasteiger partial charge in [0.2, 0.25) is 0 Å². The van der Waals surface area contributed by atoms with E-state index < -0.39 is 0 Å². The van der Waals surface area contributed by atoms with E-state index in [4.69, 9.17) is 0 Å². The Morgan fingerprint density at radius 3 is 2.67 bits per heavy atom. The van der Waals surface area contributed by atoms with Crippen molar-refractivity contribution >= 4 is 6.03 Å². The fourth-order valence-electron chi connectivity index (χ4n) is 1.48. The molecule has 0 radical (unpaired) electrons. The third-order valence-corrected chi connectivity index (χ3v) is 2.14. The summed E-state index contributed by atoms with van der Waals surface area (Å²) in [5.41, 5.74) is 0. The number of nitrogens with one attached hydrogen (secondary N) is 1. The van der Waals surface area contributed by atoms with Crippen LogP contribution in [0.5, 0.6) is 0 Å². The van der Waals surface area contributed by atoms with E-state index in [1.807, 2.05) is 4.90 Å². The number of aromatic nitrogens is 2. The Morgan fingerprint density at radius 1 is 1.33 bits per heavy atom. The lowest BCUT2D eigenvalue weighted by Crippen LogP contribution is -2.31. The maximum Gasteiger partial charge on any atom is 0.415 e. The monoisotopic (exact) mass is 166 g/mol. The second-order valence-electron chi connectivity index (χ2n) is 3.00. The minimum absolute atomic E-state index is 0.0775. The fourth-order valence-corrected chi connectivity index (χ4v) is 1.48. The summed E-state index contributed by atoms with van der Waals surface area (Å²) in [6, 6.07) is 0.0775. The maximum absolute atomic E-state index is 11.6. The van der Waals surface area contributed by atoms with Crippen molar-refractivity contribution in [3.05, 3.63) is 18.7 Å². The van der Waals surface area contributed by atoms with Crippen molar-refractivity contribution in [2.75, 3.05) is 13.1 Å². The summed E-state index contributed by atoms with van der Waals surface area (Å²) in [4.78, 5) is 16.3. The van der Waals surface area contributed by atoms with Crippen molar-refractivity contribution in [1.82, 2.24) is 9.47 Å². The number of carbonyl (C=O) groups is 1. The first kappa shape index (κ1) is 7.34. The largest absolute Gasteiger partial charge is 0.415 e. The van der Waals surface area contributed by atoms with Crippen molar-refractivity contribution < 1.29 is 9.78 Å². The molecule has 1 aromatic rings. The number of H-pyrrole nitrogens is 1. The normalized spacial score (nSPS) is 16.8. The van der Waals surface area contributed by atoms with E-state index in [0.29, 0.717) is 0 Å². The molecule has 64 valence electrons. The molecule has 2 rings (SSSR count). The lowest BCUT2D eigenvalue weighted by molar-refractivity contribution is -0.376. The van der Waals surface area contributed by atoms with Crippen molar-refractivity contribution in [1.29, 1.82) is 0 Å². The molecule has 12 heavy (non-hydrogen) atoms. The number of hydrogen-bond acceptors (Lipinski definition) is 1. The van der Waals surface area contributed by atoms with Gasteiger partial charge in [-0.15, -0.1) is 0 Å². The molecule has 1 fully saturated rings. The van der Waals surface area contributed by atoms with Gasteiger partial charge in [-0.3, -0.25) is 0 Å². The van der Waals surface area contributed by atoms with E-state index in [0.717, 1.165) is 25.9 Å². The van der Waals surface area contributed by atoms with Crippen LogP contribution < -0.4 is 4.98 Å². The Balaban J connectivity index is 2.09. The van der Waals surface area contributed by atoms with Gasteiger partial charge in [0, 0.05) is 13.1 Å². The lowest BCUT2D eigenvalue weighted by atomic mass is 10.4. The zero-order chi connectivity index (χ0) is 8.39. The van der Waals surface area contributed by atoms with Gasteiger partial charge in [-0.2, -0.15) is 4.57 Å². The van der Waals surface area contributed by atoms with Gasteiger partial charge in [0.25, 0.3) is 6.33 Å². The number of nitrogens with zero attached hydrogens (tertiary/aromatic N) is 2. The van der Waals surface area contributed by atoms with Gasteiger partial charge in [-0.05, 0) is 12.8 Å². The molecule has 1 amide bonds. The van der Waals surface area contributed by atoms with Crippen molar-refractivity contribution in [2.45, 2.75) is 12.8 Å². The van der Waals surface area contributed by atoms with Crippen LogP contribution in [0.3, 0.4) is 0 Å². The Hall–Kier alpha value is -1.32. The second-order valence-corrected chi connectivity index (χ2v) is 3.00. The number of rotatable bonds is 0. The van der Waals surface area contributed by atoms with Crippen LogP contribution in [0.25, 0.3) is 0 Å². The van der Waals surface area contributed by atoms with Gasteiger partial charge >= 0.3 is 6.03 Å². The van der Waals surface area contributed by atoms with Gasteiger partial charge < -0.3 is 4.90 Å². The van der Waals surface area contributed by atoms with E-state index in [1.54, 1.807) is 23.3 Å². The molecule has 0 saturated carbocycles. The predicted octanol–water partition coefficient (Wildman–Crippen LogP) is 0.366. The molecule has 1 aliphatic heterocycles. The van der Waals surface area contributed by atoms with Crippen LogP contribution >= 0.6 is 0 Å². The zero-order valence-corrected chi connectivity index (χ0v) is 6.86. The number of hydrogen-bond donors (Lipinski definition) is 0. The molecule has 1 aliphatic rings. The number of aromatic amines is 1. The number of imidazole rings is 1. The number of amides is 1. The maximum atomic E-state index is 11.6. The molecule has 0 aliphatic carbocycles. The van der Waals surface area contributed by atoms with Crippen LogP contribution in [0, 0.1) is 0 Å². The van der Waals surface area contributed by atoms with Gasteiger partial charge in [0.05, 0.1) is 0 Å². The van der Waals surface area contributed by atoms with Gasteiger partial charge in [-0.1, -0.05) is 0 Å². The van der Waals surface area contributed by atoms with E-state index in [1.165, 1.54) is 0 Å². The summed E-state index contributed by atoms with van der Waals surface area (Å²) in [6.45, 7) is 1.80. The molecule has 0 aromatic carbocycles. The van der Waals surface area contributed by atoms with Crippen LogP contribution in [-0.2, 0) is 0 Å². The highest BCUT2D eigenvalue weighted by molar-refractivity contribution is 5.76. The van der Waals surface area contributed by atoms with E-state index in [9.17, 15) is 4.79 Å². The molecule has 1 saturated heterocycles. The Labute approximate surface area is 70.8 Å². The molecule has 1 aromatic heterocycles. The molecule has 0 spiro atoms. The van der Waals surface area contributed by atoms with Crippen LogP contribution in [0.2, 0.25) is 0 Å². The Morgan fingerprint density at radius 2 is 2.08 bits per heavy atom. The highest BCUT2D eigenvalue weighted by Crippen LogP contribution is 2.08. The molecule has 2 heterocycles. The number of carbonyl (C=O) groups excluding carboxylic acids is 1. The van der Waals surface area contributed by atoms with Crippen LogP contribution in [0.1, 0.15) is 12.8 Å². The number of likely N-dealkylation sites (tertiary alicyclic amines) is 1. The third-order valence-electron chi connectivity index (χ3n) is 2.14. The van der Waals surface area contributed by atoms with Gasteiger partial charge in [-0.25, -0.2) is 9.78 Å². The Kier molecular flexibility index (Phi) is 1.81. The average molecular weight is 166 g/mol. The average Bonchev–Trinajstić information content (AvgIpc) is 2.77. The highest BCUT2D eigenvalue weighted by Gasteiger charge is 2.22. The Bertz CT molecular complexity index is 262. The van der Waals surface area contributed by atoms with E-state index in [-0.39, 0.29) is 6.03 Å². The molecule has 1 N–H and O–H groups in total. The molecule has 4 nitrogen and oxygen atoms in total. The van der Waals surface area contributed by atoms with Crippen LogP contribution in [-0.4, -0.2) is 28.6 Å².